The normalized spacial score (nSPS) is 12.4. The van der Waals surface area contributed by atoms with E-state index < -0.39 is 17.6 Å². The molecule has 2 aromatic rings. The van der Waals surface area contributed by atoms with Gasteiger partial charge in [-0.05, 0) is 33.3 Å². The summed E-state index contributed by atoms with van der Waals surface area (Å²) in [4.78, 5) is 37.6. The van der Waals surface area contributed by atoms with E-state index in [1.165, 1.54) is 6.21 Å². The predicted octanol–water partition coefficient (Wildman–Crippen LogP) is 4.54. The molecular weight excluding hydrogens is 412 g/mol. The van der Waals surface area contributed by atoms with Crippen LogP contribution < -0.4 is 0 Å². The summed E-state index contributed by atoms with van der Waals surface area (Å²) in [6.45, 7) is 6.88. The lowest BCUT2D eigenvalue weighted by molar-refractivity contribution is -0.164. The Labute approximate surface area is 187 Å². The number of thioether (sulfide) groups is 1. The first kappa shape index (κ1) is 24.3. The zero-order valence-corrected chi connectivity index (χ0v) is 19.1. The number of amides is 1. The van der Waals surface area contributed by atoms with E-state index in [0.29, 0.717) is 5.56 Å². The first-order valence-electron chi connectivity index (χ1n) is 10.0. The highest BCUT2D eigenvalue weighted by Crippen LogP contribution is 2.16. The first-order valence-corrected chi connectivity index (χ1v) is 11.0. The molecule has 0 spiro atoms. The van der Waals surface area contributed by atoms with Crippen molar-refractivity contribution in [2.24, 2.45) is 5.10 Å². The molecule has 0 fully saturated rings. The fraction of sp³-hybridized carbons (Fsp3) is 0.333. The Kier molecular flexibility index (Phi) is 9.00. The molecule has 0 bridgehead atoms. The molecule has 1 unspecified atom stereocenters. The topological polar surface area (TPSA) is 76.0 Å². The van der Waals surface area contributed by atoms with Crippen LogP contribution in [-0.4, -0.2) is 45.6 Å². The molecule has 7 heteroatoms. The van der Waals surface area contributed by atoms with Gasteiger partial charge in [-0.25, -0.2) is 9.80 Å². The van der Waals surface area contributed by atoms with Crippen LogP contribution >= 0.6 is 11.8 Å². The minimum absolute atomic E-state index is 0.0580. The summed E-state index contributed by atoms with van der Waals surface area (Å²) in [5.74, 6) is -0.622. The average molecular weight is 441 g/mol. The Balaban J connectivity index is 2.07. The van der Waals surface area contributed by atoms with Crippen LogP contribution in [0.4, 0.5) is 0 Å². The van der Waals surface area contributed by atoms with Gasteiger partial charge in [-0.2, -0.15) is 5.10 Å². The van der Waals surface area contributed by atoms with Crippen LogP contribution in [0.5, 0.6) is 0 Å². The van der Waals surface area contributed by atoms with Crippen LogP contribution in [0.25, 0.3) is 0 Å². The van der Waals surface area contributed by atoms with Crippen LogP contribution in [0.2, 0.25) is 0 Å². The highest BCUT2D eigenvalue weighted by atomic mass is 32.2. The van der Waals surface area contributed by atoms with Gasteiger partial charge in [0.2, 0.25) is 11.0 Å². The number of hydrogen-bond donors (Lipinski definition) is 0. The van der Waals surface area contributed by atoms with Gasteiger partial charge in [-0.1, -0.05) is 72.4 Å². The van der Waals surface area contributed by atoms with Gasteiger partial charge < -0.3 is 4.74 Å². The van der Waals surface area contributed by atoms with Crippen molar-refractivity contribution < 1.29 is 19.1 Å². The molecule has 31 heavy (non-hydrogen) atoms. The molecule has 0 heterocycles. The van der Waals surface area contributed by atoms with Gasteiger partial charge in [-0.3, -0.25) is 9.59 Å². The molecule has 2 rings (SSSR count). The van der Waals surface area contributed by atoms with Crippen molar-refractivity contribution in [1.29, 1.82) is 0 Å². The number of esters is 1. The smallest absolute Gasteiger partial charge is 0.331 e. The van der Waals surface area contributed by atoms with Crippen molar-refractivity contribution in [1.82, 2.24) is 5.01 Å². The van der Waals surface area contributed by atoms with Crippen molar-refractivity contribution in [2.75, 3.05) is 5.75 Å². The molecule has 1 amide bonds. The third kappa shape index (κ3) is 8.38. The third-order valence-electron chi connectivity index (χ3n) is 4.06. The maximum Gasteiger partial charge on any atom is 0.331 e. The Morgan fingerprint density at radius 3 is 2.19 bits per heavy atom. The molecule has 0 aliphatic heterocycles. The number of carbonyl (C=O) groups is 3. The van der Waals surface area contributed by atoms with Gasteiger partial charge in [0.15, 0.2) is 0 Å². The van der Waals surface area contributed by atoms with Crippen molar-refractivity contribution in [3.63, 3.8) is 0 Å². The number of hydrazone groups is 1. The van der Waals surface area contributed by atoms with Gasteiger partial charge in [0.05, 0.1) is 6.21 Å². The number of nitrogens with zero attached hydrogens (tertiary/aromatic N) is 2. The lowest BCUT2D eigenvalue weighted by atomic mass is 10.2. The van der Waals surface area contributed by atoms with E-state index in [4.69, 9.17) is 4.74 Å². The van der Waals surface area contributed by atoms with Crippen molar-refractivity contribution in [2.45, 2.75) is 45.8 Å². The molecule has 2 aromatic carbocycles. The zero-order chi connectivity index (χ0) is 22.9. The van der Waals surface area contributed by atoms with Gasteiger partial charge >= 0.3 is 5.97 Å². The van der Waals surface area contributed by atoms with E-state index in [0.717, 1.165) is 22.3 Å². The lowest BCUT2D eigenvalue weighted by Crippen LogP contribution is -2.43. The number of carbonyl (C=O) groups excluding carboxylic acids is 3. The van der Waals surface area contributed by atoms with Gasteiger partial charge in [-0.15, -0.1) is 0 Å². The Morgan fingerprint density at radius 1 is 1.03 bits per heavy atom. The molecule has 0 saturated carbocycles. The van der Waals surface area contributed by atoms with E-state index in [-0.39, 0.29) is 23.2 Å². The van der Waals surface area contributed by atoms with E-state index in [2.05, 4.69) is 5.10 Å². The van der Waals surface area contributed by atoms with Crippen LogP contribution in [0.3, 0.4) is 0 Å². The molecule has 0 saturated heterocycles. The van der Waals surface area contributed by atoms with Gasteiger partial charge in [0, 0.05) is 17.7 Å². The summed E-state index contributed by atoms with van der Waals surface area (Å²) in [6, 6.07) is 17.3. The number of rotatable bonds is 8. The van der Waals surface area contributed by atoms with Crippen LogP contribution in [0.1, 0.15) is 50.0 Å². The van der Waals surface area contributed by atoms with E-state index in [1.54, 1.807) is 52.0 Å². The molecule has 0 aromatic heterocycles. The minimum Gasteiger partial charge on any atom is -0.458 e. The van der Waals surface area contributed by atoms with E-state index >= 15 is 0 Å². The van der Waals surface area contributed by atoms with Crippen molar-refractivity contribution in [3.05, 3.63) is 71.8 Å². The highest BCUT2D eigenvalue weighted by Gasteiger charge is 2.29. The second-order valence-electron chi connectivity index (χ2n) is 7.85. The highest BCUT2D eigenvalue weighted by molar-refractivity contribution is 8.14. The summed E-state index contributed by atoms with van der Waals surface area (Å²) in [5, 5.41) is 5.29. The number of hydrogen-bond acceptors (Lipinski definition) is 6. The predicted molar refractivity (Wildman–Crippen MR) is 124 cm³/mol. The van der Waals surface area contributed by atoms with Crippen molar-refractivity contribution in [3.8, 4) is 0 Å². The number of ether oxygens (including phenoxy) is 1. The second-order valence-corrected chi connectivity index (χ2v) is 8.92. The third-order valence-corrected chi connectivity index (χ3v) is 4.97. The van der Waals surface area contributed by atoms with Crippen LogP contribution in [0, 0.1) is 0 Å². The maximum atomic E-state index is 12.9. The van der Waals surface area contributed by atoms with Crippen LogP contribution in [-0.2, 0) is 14.3 Å². The molecule has 164 valence electrons. The quantitative estimate of drug-likeness (QED) is 0.342. The van der Waals surface area contributed by atoms with Gasteiger partial charge in [0.25, 0.3) is 0 Å². The molecule has 0 aliphatic carbocycles. The minimum atomic E-state index is -0.901. The molecule has 0 aliphatic rings. The number of benzene rings is 2. The summed E-state index contributed by atoms with van der Waals surface area (Å²) < 4.78 is 5.42. The molecule has 0 N–H and O–H groups in total. The van der Waals surface area contributed by atoms with Crippen LogP contribution in [0.15, 0.2) is 65.8 Å². The molecule has 0 radical (unpaired) electrons. The Bertz CT molecular complexity index is 908. The van der Waals surface area contributed by atoms with E-state index in [1.807, 2.05) is 36.4 Å². The largest absolute Gasteiger partial charge is 0.458 e. The summed E-state index contributed by atoms with van der Waals surface area (Å²) in [7, 11) is 0. The fourth-order valence-corrected chi connectivity index (χ4v) is 3.30. The first-order chi connectivity index (χ1) is 14.7. The molecule has 1 atom stereocenters. The zero-order valence-electron chi connectivity index (χ0n) is 18.3. The summed E-state index contributed by atoms with van der Waals surface area (Å²) >= 11 is 1.07. The standard InChI is InChI=1S/C24H28N2O4S/c1-18(22(28)30-24(2,3)4)26(25-17-19-11-7-5-8-12-19)21(27)15-16-31-23(29)20-13-9-6-10-14-20/h5-14,17-18H,15-16H2,1-4H3/b25-17+. The second kappa shape index (κ2) is 11.5. The Morgan fingerprint density at radius 2 is 1.61 bits per heavy atom. The lowest BCUT2D eigenvalue weighted by Gasteiger charge is -2.27. The van der Waals surface area contributed by atoms with Gasteiger partial charge in [0.1, 0.15) is 11.6 Å². The Hall–Kier alpha value is -2.93. The average Bonchev–Trinajstić information content (AvgIpc) is 2.73. The molecular formula is C24H28N2O4S. The van der Waals surface area contributed by atoms with E-state index in [9.17, 15) is 14.4 Å². The van der Waals surface area contributed by atoms with Crippen molar-refractivity contribution >= 4 is 35.0 Å². The molecule has 6 nitrogen and oxygen atoms in total. The fourth-order valence-electron chi connectivity index (χ4n) is 2.54. The SMILES string of the molecule is CC(C(=O)OC(C)(C)C)N(/N=C/c1ccccc1)C(=O)CCSC(=O)c1ccccc1. The summed E-state index contributed by atoms with van der Waals surface area (Å²) in [6.07, 6.45) is 1.59. The summed E-state index contributed by atoms with van der Waals surface area (Å²) in [5.41, 5.74) is 0.701. The maximum absolute atomic E-state index is 12.9. The monoisotopic (exact) mass is 440 g/mol.